The standard InChI is InChI=1S/C16H24N2O3/c1-3-7-12(4-2)17-16(21)18-13-9-6-5-8-11(13)10-14(18)15(19)20/h1,11-14H,4-10H2,2H3,(H,17,21)(H,19,20). The van der Waals surface area contributed by atoms with Crippen molar-refractivity contribution in [2.75, 3.05) is 0 Å². The van der Waals surface area contributed by atoms with Gasteiger partial charge in [0.2, 0.25) is 0 Å². The van der Waals surface area contributed by atoms with Crippen LogP contribution in [0.25, 0.3) is 0 Å². The summed E-state index contributed by atoms with van der Waals surface area (Å²) in [4.78, 5) is 25.6. The van der Waals surface area contributed by atoms with Crippen LogP contribution in [0.1, 0.15) is 51.9 Å². The Morgan fingerprint density at radius 2 is 2.14 bits per heavy atom. The van der Waals surface area contributed by atoms with E-state index in [9.17, 15) is 14.7 Å². The van der Waals surface area contributed by atoms with Gasteiger partial charge in [0.25, 0.3) is 0 Å². The fraction of sp³-hybridized carbons (Fsp3) is 0.750. The van der Waals surface area contributed by atoms with Crippen LogP contribution in [0.2, 0.25) is 0 Å². The van der Waals surface area contributed by atoms with Crippen LogP contribution < -0.4 is 5.32 Å². The minimum absolute atomic E-state index is 0.0724. The highest BCUT2D eigenvalue weighted by molar-refractivity contribution is 5.84. The largest absolute Gasteiger partial charge is 0.480 e. The van der Waals surface area contributed by atoms with Crippen molar-refractivity contribution in [1.29, 1.82) is 0 Å². The molecule has 0 aromatic rings. The Bertz CT molecular complexity index is 443. The van der Waals surface area contributed by atoms with Gasteiger partial charge < -0.3 is 15.3 Å². The average Bonchev–Trinajstić information content (AvgIpc) is 2.86. The summed E-state index contributed by atoms with van der Waals surface area (Å²) in [5.74, 6) is 1.99. The second-order valence-electron chi connectivity index (χ2n) is 6.07. The molecule has 2 amide bonds. The van der Waals surface area contributed by atoms with E-state index in [1.807, 2.05) is 6.92 Å². The molecule has 2 rings (SSSR count). The number of carbonyl (C=O) groups excluding carboxylic acids is 1. The number of hydrogen-bond donors (Lipinski definition) is 2. The quantitative estimate of drug-likeness (QED) is 0.781. The number of nitrogens with one attached hydrogen (secondary N) is 1. The minimum atomic E-state index is -0.899. The zero-order chi connectivity index (χ0) is 15.4. The summed E-state index contributed by atoms with van der Waals surface area (Å²) >= 11 is 0. The van der Waals surface area contributed by atoms with E-state index in [2.05, 4.69) is 11.2 Å². The molecule has 4 unspecified atom stereocenters. The number of rotatable bonds is 4. The topological polar surface area (TPSA) is 69.6 Å². The van der Waals surface area contributed by atoms with Gasteiger partial charge in [0.1, 0.15) is 6.04 Å². The maximum atomic E-state index is 12.5. The molecule has 0 aromatic carbocycles. The number of terminal acetylenes is 1. The maximum absolute atomic E-state index is 12.5. The van der Waals surface area contributed by atoms with E-state index in [0.717, 1.165) is 32.1 Å². The SMILES string of the molecule is C#CCC(CC)NC(=O)N1C(C(=O)O)CC2CCCCC21. The molecule has 2 aliphatic rings. The number of likely N-dealkylation sites (tertiary alicyclic amines) is 1. The Labute approximate surface area is 126 Å². The zero-order valence-corrected chi connectivity index (χ0v) is 12.5. The van der Waals surface area contributed by atoms with Gasteiger partial charge in [-0.15, -0.1) is 12.3 Å². The molecule has 2 fully saturated rings. The molecule has 5 nitrogen and oxygen atoms in total. The number of amides is 2. The Morgan fingerprint density at radius 3 is 2.76 bits per heavy atom. The monoisotopic (exact) mass is 292 g/mol. The third kappa shape index (κ3) is 3.31. The summed E-state index contributed by atoms with van der Waals surface area (Å²) in [5, 5.41) is 12.3. The lowest BCUT2D eigenvalue weighted by atomic mass is 9.85. The predicted octanol–water partition coefficient (Wildman–Crippen LogP) is 2.22. The molecule has 4 atom stereocenters. The molecule has 1 saturated carbocycles. The number of carboxylic acid groups (broad SMARTS) is 1. The predicted molar refractivity (Wildman–Crippen MR) is 79.7 cm³/mol. The molecule has 5 heteroatoms. The number of fused-ring (bicyclic) bond motifs is 1. The summed E-state index contributed by atoms with van der Waals surface area (Å²) in [6, 6.07) is -0.969. The summed E-state index contributed by atoms with van der Waals surface area (Å²) in [7, 11) is 0. The number of hydrogen-bond acceptors (Lipinski definition) is 2. The molecule has 21 heavy (non-hydrogen) atoms. The maximum Gasteiger partial charge on any atom is 0.326 e. The van der Waals surface area contributed by atoms with Crippen molar-refractivity contribution in [3.63, 3.8) is 0 Å². The lowest BCUT2D eigenvalue weighted by Gasteiger charge is -2.33. The summed E-state index contributed by atoms with van der Waals surface area (Å²) in [5.41, 5.74) is 0. The average molecular weight is 292 g/mol. The van der Waals surface area contributed by atoms with Gasteiger partial charge in [0.15, 0.2) is 0 Å². The molecule has 1 aliphatic heterocycles. The van der Waals surface area contributed by atoms with E-state index < -0.39 is 12.0 Å². The lowest BCUT2D eigenvalue weighted by molar-refractivity contribution is -0.141. The van der Waals surface area contributed by atoms with E-state index in [1.54, 1.807) is 4.90 Å². The van der Waals surface area contributed by atoms with Crippen LogP contribution in [-0.4, -0.2) is 40.1 Å². The van der Waals surface area contributed by atoms with Gasteiger partial charge in [-0.05, 0) is 31.6 Å². The van der Waals surface area contributed by atoms with Crippen LogP contribution in [0.5, 0.6) is 0 Å². The molecule has 1 aliphatic carbocycles. The molecule has 0 radical (unpaired) electrons. The highest BCUT2D eigenvalue weighted by Gasteiger charge is 2.47. The lowest BCUT2D eigenvalue weighted by Crippen LogP contribution is -2.52. The Morgan fingerprint density at radius 1 is 1.43 bits per heavy atom. The zero-order valence-electron chi connectivity index (χ0n) is 12.5. The Kier molecular flexibility index (Phi) is 5.11. The van der Waals surface area contributed by atoms with Crippen molar-refractivity contribution in [3.8, 4) is 12.3 Å². The Hall–Kier alpha value is -1.70. The van der Waals surface area contributed by atoms with E-state index in [-0.39, 0.29) is 18.1 Å². The molecule has 2 N–H and O–H groups in total. The first-order chi connectivity index (χ1) is 10.1. The third-order valence-electron chi connectivity index (χ3n) is 4.79. The number of nitrogens with zero attached hydrogens (tertiary/aromatic N) is 1. The highest BCUT2D eigenvalue weighted by Crippen LogP contribution is 2.39. The molecule has 0 bridgehead atoms. The first-order valence-electron chi connectivity index (χ1n) is 7.83. The van der Waals surface area contributed by atoms with Crippen LogP contribution in [-0.2, 0) is 4.79 Å². The van der Waals surface area contributed by atoms with Gasteiger partial charge in [0, 0.05) is 18.5 Å². The molecular weight excluding hydrogens is 268 g/mol. The third-order valence-corrected chi connectivity index (χ3v) is 4.79. The molecule has 116 valence electrons. The Balaban J connectivity index is 2.11. The minimum Gasteiger partial charge on any atom is -0.480 e. The molecule has 0 aromatic heterocycles. The van der Waals surface area contributed by atoms with Crippen molar-refractivity contribution >= 4 is 12.0 Å². The van der Waals surface area contributed by atoms with Gasteiger partial charge >= 0.3 is 12.0 Å². The van der Waals surface area contributed by atoms with Crippen molar-refractivity contribution in [2.24, 2.45) is 5.92 Å². The fourth-order valence-electron chi connectivity index (χ4n) is 3.66. The van der Waals surface area contributed by atoms with Crippen molar-refractivity contribution < 1.29 is 14.7 Å². The second-order valence-corrected chi connectivity index (χ2v) is 6.07. The van der Waals surface area contributed by atoms with Gasteiger partial charge in [0.05, 0.1) is 0 Å². The van der Waals surface area contributed by atoms with Crippen LogP contribution >= 0.6 is 0 Å². The number of carboxylic acids is 1. The van der Waals surface area contributed by atoms with Gasteiger partial charge in [-0.2, -0.15) is 0 Å². The first-order valence-corrected chi connectivity index (χ1v) is 7.83. The van der Waals surface area contributed by atoms with E-state index >= 15 is 0 Å². The second kappa shape index (κ2) is 6.84. The van der Waals surface area contributed by atoms with Crippen molar-refractivity contribution in [1.82, 2.24) is 10.2 Å². The van der Waals surface area contributed by atoms with Crippen molar-refractivity contribution in [2.45, 2.75) is 70.0 Å². The molecular formula is C16H24N2O3. The van der Waals surface area contributed by atoms with E-state index in [1.165, 1.54) is 0 Å². The molecule has 0 spiro atoms. The van der Waals surface area contributed by atoms with Crippen LogP contribution in [0, 0.1) is 18.3 Å². The normalized spacial score (nSPS) is 29.3. The van der Waals surface area contributed by atoms with E-state index in [0.29, 0.717) is 18.8 Å². The number of urea groups is 1. The smallest absolute Gasteiger partial charge is 0.326 e. The number of aliphatic carboxylic acids is 1. The van der Waals surface area contributed by atoms with Gasteiger partial charge in [-0.3, -0.25) is 0 Å². The van der Waals surface area contributed by atoms with Crippen LogP contribution in [0.4, 0.5) is 4.79 Å². The first kappa shape index (κ1) is 15.7. The number of carbonyl (C=O) groups is 2. The summed E-state index contributed by atoms with van der Waals surface area (Å²) < 4.78 is 0. The fourth-order valence-corrected chi connectivity index (χ4v) is 3.66. The summed E-state index contributed by atoms with van der Waals surface area (Å²) in [6.07, 6.45) is 11.3. The summed E-state index contributed by atoms with van der Waals surface area (Å²) in [6.45, 7) is 1.96. The van der Waals surface area contributed by atoms with Crippen LogP contribution in [0.3, 0.4) is 0 Å². The van der Waals surface area contributed by atoms with Gasteiger partial charge in [-0.25, -0.2) is 9.59 Å². The van der Waals surface area contributed by atoms with Crippen molar-refractivity contribution in [3.05, 3.63) is 0 Å². The van der Waals surface area contributed by atoms with Gasteiger partial charge in [-0.1, -0.05) is 19.8 Å². The van der Waals surface area contributed by atoms with Crippen LogP contribution in [0.15, 0.2) is 0 Å². The van der Waals surface area contributed by atoms with E-state index in [4.69, 9.17) is 6.42 Å². The molecule has 1 saturated heterocycles. The molecule has 1 heterocycles. The highest BCUT2D eigenvalue weighted by atomic mass is 16.4.